The van der Waals surface area contributed by atoms with E-state index >= 15 is 0 Å². The van der Waals surface area contributed by atoms with Crippen molar-refractivity contribution >= 4 is 28.4 Å². The topological polar surface area (TPSA) is 72.4 Å². The number of nitrogens with one attached hydrogen (secondary N) is 1. The molecule has 0 radical (unpaired) electrons. The SMILES string of the molecule is C[S+]([O-])C(CCCCCc1ccc(-c2cccs2)cc1)C(=O)NO. The molecule has 2 aromatic rings. The first-order valence-corrected chi connectivity index (χ1v) is 10.5. The zero-order valence-electron chi connectivity index (χ0n) is 13.7. The van der Waals surface area contributed by atoms with Crippen molar-refractivity contribution in [3.8, 4) is 10.4 Å². The number of benzene rings is 1. The van der Waals surface area contributed by atoms with Gasteiger partial charge in [-0.15, -0.1) is 11.3 Å². The predicted octanol–water partition coefficient (Wildman–Crippen LogP) is 3.77. The Morgan fingerprint density at radius 3 is 2.58 bits per heavy atom. The normalized spacial score (nSPS) is 13.5. The zero-order chi connectivity index (χ0) is 17.4. The lowest BCUT2D eigenvalue weighted by Gasteiger charge is -2.16. The molecule has 1 aromatic carbocycles. The molecule has 0 saturated carbocycles. The highest BCUT2D eigenvalue weighted by Crippen LogP contribution is 2.25. The van der Waals surface area contributed by atoms with Crippen LogP contribution in [0.4, 0.5) is 0 Å². The fourth-order valence-corrected chi connectivity index (χ4v) is 4.22. The van der Waals surface area contributed by atoms with Gasteiger partial charge < -0.3 is 4.55 Å². The van der Waals surface area contributed by atoms with Gasteiger partial charge in [0.25, 0.3) is 5.91 Å². The van der Waals surface area contributed by atoms with Crippen LogP contribution in [0.3, 0.4) is 0 Å². The maximum absolute atomic E-state index is 11.5. The van der Waals surface area contributed by atoms with Crippen molar-refractivity contribution in [2.75, 3.05) is 6.26 Å². The van der Waals surface area contributed by atoms with Gasteiger partial charge in [0, 0.05) is 11.3 Å². The molecule has 4 nitrogen and oxygen atoms in total. The zero-order valence-corrected chi connectivity index (χ0v) is 15.4. The molecule has 0 spiro atoms. The number of hydrogen-bond acceptors (Lipinski definition) is 4. The molecular formula is C18H23NO3S2. The molecule has 0 saturated heterocycles. The highest BCUT2D eigenvalue weighted by Gasteiger charge is 2.26. The first-order valence-electron chi connectivity index (χ1n) is 8.01. The maximum atomic E-state index is 11.5. The fourth-order valence-electron chi connectivity index (χ4n) is 2.63. The Morgan fingerprint density at radius 1 is 1.25 bits per heavy atom. The fraction of sp³-hybridized carbons (Fsp3) is 0.389. The Bertz CT molecular complexity index is 612. The Kier molecular flexibility index (Phi) is 7.78. The highest BCUT2D eigenvalue weighted by molar-refractivity contribution is 7.92. The molecule has 0 aliphatic heterocycles. The molecule has 0 bridgehead atoms. The van der Waals surface area contributed by atoms with E-state index in [1.54, 1.807) is 16.8 Å². The van der Waals surface area contributed by atoms with Gasteiger partial charge in [0.2, 0.25) is 0 Å². The quantitative estimate of drug-likeness (QED) is 0.307. The molecule has 0 fully saturated rings. The van der Waals surface area contributed by atoms with Crippen molar-refractivity contribution in [3.05, 3.63) is 47.3 Å². The van der Waals surface area contributed by atoms with Crippen molar-refractivity contribution in [1.82, 2.24) is 5.48 Å². The molecule has 1 amide bonds. The summed E-state index contributed by atoms with van der Waals surface area (Å²) >= 11 is 0.477. The van der Waals surface area contributed by atoms with E-state index in [1.807, 2.05) is 0 Å². The number of carbonyl (C=O) groups is 1. The van der Waals surface area contributed by atoms with E-state index in [1.165, 1.54) is 22.3 Å². The average Bonchev–Trinajstić information content (AvgIpc) is 3.12. The van der Waals surface area contributed by atoms with Gasteiger partial charge in [0.05, 0.1) is 6.26 Å². The van der Waals surface area contributed by atoms with Crippen molar-refractivity contribution in [2.24, 2.45) is 0 Å². The summed E-state index contributed by atoms with van der Waals surface area (Å²) < 4.78 is 11.5. The summed E-state index contributed by atoms with van der Waals surface area (Å²) in [7, 11) is 0. The number of carbonyl (C=O) groups excluding carboxylic acids is 1. The number of unbranched alkanes of at least 4 members (excludes halogenated alkanes) is 2. The number of amides is 1. The number of hydrogen-bond donors (Lipinski definition) is 2. The lowest BCUT2D eigenvalue weighted by molar-refractivity contribution is -0.128. The van der Waals surface area contributed by atoms with Gasteiger partial charge in [-0.1, -0.05) is 36.8 Å². The van der Waals surface area contributed by atoms with E-state index in [-0.39, 0.29) is 0 Å². The maximum Gasteiger partial charge on any atom is 0.296 e. The van der Waals surface area contributed by atoms with Gasteiger partial charge in [-0.25, -0.2) is 5.48 Å². The van der Waals surface area contributed by atoms with Crippen LogP contribution in [-0.4, -0.2) is 27.2 Å². The highest BCUT2D eigenvalue weighted by atomic mass is 32.2. The summed E-state index contributed by atoms with van der Waals surface area (Å²) in [5.74, 6) is -0.556. The summed E-state index contributed by atoms with van der Waals surface area (Å²) in [6, 6.07) is 12.8. The molecule has 1 aromatic heterocycles. The molecule has 24 heavy (non-hydrogen) atoms. The average molecular weight is 366 g/mol. The summed E-state index contributed by atoms with van der Waals surface area (Å²) in [5.41, 5.74) is 4.15. The van der Waals surface area contributed by atoms with E-state index in [9.17, 15) is 9.35 Å². The first kappa shape index (κ1) is 19.0. The van der Waals surface area contributed by atoms with Gasteiger partial charge in [0.1, 0.15) is 0 Å². The van der Waals surface area contributed by atoms with E-state index in [2.05, 4.69) is 41.8 Å². The van der Waals surface area contributed by atoms with Gasteiger partial charge in [-0.3, -0.25) is 10.0 Å². The van der Waals surface area contributed by atoms with Crippen LogP contribution in [0.2, 0.25) is 0 Å². The monoisotopic (exact) mass is 365 g/mol. The van der Waals surface area contributed by atoms with Gasteiger partial charge in [-0.05, 0) is 53.0 Å². The number of thiophene rings is 1. The molecule has 2 rings (SSSR count). The van der Waals surface area contributed by atoms with Gasteiger partial charge in [0.15, 0.2) is 5.25 Å². The molecular weight excluding hydrogens is 342 g/mol. The second-order valence-electron chi connectivity index (χ2n) is 5.74. The van der Waals surface area contributed by atoms with Crippen LogP contribution >= 0.6 is 11.3 Å². The summed E-state index contributed by atoms with van der Waals surface area (Å²) in [6.45, 7) is 0. The van der Waals surface area contributed by atoms with Gasteiger partial charge in [-0.2, -0.15) is 0 Å². The lowest BCUT2D eigenvalue weighted by atomic mass is 10.0. The van der Waals surface area contributed by atoms with Crippen molar-refractivity contribution in [3.63, 3.8) is 0 Å². The molecule has 0 aliphatic carbocycles. The Hall–Kier alpha value is -1.34. The second-order valence-corrected chi connectivity index (χ2v) is 8.25. The first-order chi connectivity index (χ1) is 11.6. The summed E-state index contributed by atoms with van der Waals surface area (Å²) in [6.07, 6.45) is 5.85. The van der Waals surface area contributed by atoms with Crippen LogP contribution in [-0.2, 0) is 22.4 Å². The van der Waals surface area contributed by atoms with Crippen LogP contribution in [0.15, 0.2) is 41.8 Å². The van der Waals surface area contributed by atoms with Crippen molar-refractivity contribution < 1.29 is 14.6 Å². The molecule has 0 aliphatic rings. The molecule has 130 valence electrons. The minimum Gasteiger partial charge on any atom is -0.616 e. The van der Waals surface area contributed by atoms with Crippen LogP contribution in [0.25, 0.3) is 10.4 Å². The lowest BCUT2D eigenvalue weighted by Crippen LogP contribution is -2.37. The summed E-state index contributed by atoms with van der Waals surface area (Å²) in [4.78, 5) is 12.7. The Labute approximate surface area is 150 Å². The molecule has 6 heteroatoms. The largest absolute Gasteiger partial charge is 0.616 e. The third kappa shape index (κ3) is 5.63. The van der Waals surface area contributed by atoms with Crippen LogP contribution in [0.1, 0.15) is 31.2 Å². The van der Waals surface area contributed by atoms with E-state index in [0.717, 1.165) is 25.7 Å². The van der Waals surface area contributed by atoms with Crippen LogP contribution in [0, 0.1) is 0 Å². The minimum absolute atomic E-state index is 0.535. The Balaban J connectivity index is 1.71. The number of hydroxylamine groups is 1. The predicted molar refractivity (Wildman–Crippen MR) is 99.7 cm³/mol. The Morgan fingerprint density at radius 2 is 2.00 bits per heavy atom. The van der Waals surface area contributed by atoms with E-state index in [0.29, 0.717) is 6.42 Å². The van der Waals surface area contributed by atoms with Crippen molar-refractivity contribution in [2.45, 2.75) is 37.4 Å². The third-order valence-electron chi connectivity index (χ3n) is 3.99. The second kappa shape index (κ2) is 9.84. The molecule has 2 unspecified atom stereocenters. The van der Waals surface area contributed by atoms with Crippen LogP contribution in [0.5, 0.6) is 0 Å². The molecule has 1 heterocycles. The van der Waals surface area contributed by atoms with E-state index in [4.69, 9.17) is 5.21 Å². The van der Waals surface area contributed by atoms with E-state index < -0.39 is 22.3 Å². The standard InChI is InChI=1S/C18H23NO3S2/c1-24(22)17(18(20)19-21)8-4-2-3-6-14-9-11-15(12-10-14)16-7-5-13-23-16/h5,7,9-13,17,21H,2-4,6,8H2,1H3,(H,19,20). The van der Waals surface area contributed by atoms with Crippen LogP contribution < -0.4 is 5.48 Å². The molecule has 2 atom stereocenters. The number of aryl methyl sites for hydroxylation is 1. The number of rotatable bonds is 9. The van der Waals surface area contributed by atoms with Gasteiger partial charge >= 0.3 is 0 Å². The van der Waals surface area contributed by atoms with Crippen molar-refractivity contribution in [1.29, 1.82) is 0 Å². The smallest absolute Gasteiger partial charge is 0.296 e. The molecule has 2 N–H and O–H groups in total. The summed E-state index contributed by atoms with van der Waals surface area (Å²) in [5, 5.41) is 10.1. The third-order valence-corrected chi connectivity index (χ3v) is 6.16. The minimum atomic E-state index is -1.26.